The third kappa shape index (κ3) is 4.32. The van der Waals surface area contributed by atoms with Crippen molar-refractivity contribution in [3.8, 4) is 39.1 Å². The number of hydrogen-bond donors (Lipinski definition) is 1. The summed E-state index contributed by atoms with van der Waals surface area (Å²) in [5, 5.41) is 11.7. The van der Waals surface area contributed by atoms with Crippen LogP contribution in [-0.4, -0.2) is 47.4 Å². The maximum atomic E-state index is 11.7. The average Bonchev–Trinajstić information content (AvgIpc) is 2.84. The van der Waals surface area contributed by atoms with Crippen molar-refractivity contribution >= 4 is 17.1 Å². The van der Waals surface area contributed by atoms with Gasteiger partial charge in [-0.05, 0) is 35.9 Å². The second-order valence-corrected chi connectivity index (χ2v) is 9.15. The Morgan fingerprint density at radius 1 is 0.441 bits per heavy atom. The highest BCUT2D eigenvalue weighted by atomic mass is 16.3. The van der Waals surface area contributed by atoms with E-state index in [0.717, 1.165) is 50.4 Å². The van der Waals surface area contributed by atoms with Gasteiger partial charge in [0.25, 0.3) is 0 Å². The molecule has 4 aromatic carbocycles. The molecule has 34 heavy (non-hydrogen) atoms. The molecule has 4 rings (SSSR count). The Morgan fingerprint density at radius 2 is 0.765 bits per heavy atom. The minimum Gasteiger partial charge on any atom is -0.507 e. The van der Waals surface area contributed by atoms with Gasteiger partial charge in [-0.1, -0.05) is 54.6 Å². The van der Waals surface area contributed by atoms with Crippen LogP contribution in [0.5, 0.6) is 5.75 Å². The smallest absolute Gasteiger partial charge is 0.131 e. The largest absolute Gasteiger partial charge is 0.507 e. The maximum absolute atomic E-state index is 11.7. The van der Waals surface area contributed by atoms with Crippen molar-refractivity contribution in [1.29, 1.82) is 0 Å². The molecule has 0 atom stereocenters. The SMILES string of the molecule is CN(C)c1ccccc1-c1cc(-c2ccccc2N(C)C)c(O)c(-c2ccccc2N(C)C)c1. The lowest BCUT2D eigenvalue weighted by Crippen LogP contribution is -2.11. The molecule has 0 fully saturated rings. The summed E-state index contributed by atoms with van der Waals surface area (Å²) < 4.78 is 0. The summed E-state index contributed by atoms with van der Waals surface area (Å²) in [5.41, 5.74) is 9.07. The summed E-state index contributed by atoms with van der Waals surface area (Å²) in [4.78, 5) is 6.30. The number of phenols is 1. The van der Waals surface area contributed by atoms with Gasteiger partial charge >= 0.3 is 0 Å². The summed E-state index contributed by atoms with van der Waals surface area (Å²) in [6.07, 6.45) is 0. The van der Waals surface area contributed by atoms with E-state index in [4.69, 9.17) is 0 Å². The highest BCUT2D eigenvalue weighted by Gasteiger charge is 2.20. The molecule has 0 unspecified atom stereocenters. The van der Waals surface area contributed by atoms with E-state index in [-0.39, 0.29) is 5.75 Å². The van der Waals surface area contributed by atoms with E-state index in [1.165, 1.54) is 0 Å². The molecule has 1 N–H and O–H groups in total. The second-order valence-electron chi connectivity index (χ2n) is 9.15. The normalized spacial score (nSPS) is 10.8. The molecule has 0 aromatic heterocycles. The third-order valence-corrected chi connectivity index (χ3v) is 6.16. The van der Waals surface area contributed by atoms with Crippen molar-refractivity contribution < 1.29 is 5.11 Å². The predicted octanol–water partition coefficient (Wildman–Crippen LogP) is 6.59. The molecule has 0 aliphatic carbocycles. The fraction of sp³-hybridized carbons (Fsp3) is 0.200. The lowest BCUT2D eigenvalue weighted by molar-refractivity contribution is 0.479. The fourth-order valence-electron chi connectivity index (χ4n) is 4.49. The van der Waals surface area contributed by atoms with Crippen molar-refractivity contribution in [2.24, 2.45) is 0 Å². The van der Waals surface area contributed by atoms with E-state index in [2.05, 4.69) is 89.5 Å². The van der Waals surface area contributed by atoms with E-state index >= 15 is 0 Å². The first kappa shape index (κ1) is 23.2. The van der Waals surface area contributed by atoms with E-state index in [9.17, 15) is 5.11 Å². The average molecular weight is 452 g/mol. The van der Waals surface area contributed by atoms with E-state index in [1.807, 2.05) is 52.5 Å². The Kier molecular flexibility index (Phi) is 6.51. The Labute approximate surface area is 203 Å². The lowest BCUT2D eigenvalue weighted by atomic mass is 9.90. The van der Waals surface area contributed by atoms with Crippen molar-refractivity contribution in [3.63, 3.8) is 0 Å². The zero-order valence-electron chi connectivity index (χ0n) is 20.9. The van der Waals surface area contributed by atoms with Gasteiger partial charge in [0.1, 0.15) is 5.75 Å². The Hall–Kier alpha value is -3.92. The van der Waals surface area contributed by atoms with Crippen LogP contribution in [0.4, 0.5) is 17.1 Å². The number of hydrogen-bond acceptors (Lipinski definition) is 4. The zero-order valence-corrected chi connectivity index (χ0v) is 20.9. The minimum absolute atomic E-state index is 0.287. The highest BCUT2D eigenvalue weighted by Crippen LogP contribution is 2.47. The molecule has 4 heteroatoms. The number of nitrogens with zero attached hydrogens (tertiary/aromatic N) is 3. The van der Waals surface area contributed by atoms with Crippen molar-refractivity contribution in [3.05, 3.63) is 84.9 Å². The van der Waals surface area contributed by atoms with Gasteiger partial charge in [0, 0.05) is 87.2 Å². The van der Waals surface area contributed by atoms with Crippen LogP contribution < -0.4 is 14.7 Å². The third-order valence-electron chi connectivity index (χ3n) is 6.16. The Balaban J connectivity index is 2.09. The first-order valence-corrected chi connectivity index (χ1v) is 11.5. The molecule has 4 nitrogen and oxygen atoms in total. The predicted molar refractivity (Wildman–Crippen MR) is 147 cm³/mol. The van der Waals surface area contributed by atoms with E-state index in [0.29, 0.717) is 0 Å². The summed E-state index contributed by atoms with van der Waals surface area (Å²) >= 11 is 0. The number of phenolic OH excluding ortho intramolecular Hbond substituents is 1. The van der Waals surface area contributed by atoms with Gasteiger partial charge in [-0.15, -0.1) is 0 Å². The van der Waals surface area contributed by atoms with Gasteiger partial charge in [-0.2, -0.15) is 0 Å². The Morgan fingerprint density at radius 3 is 1.15 bits per heavy atom. The van der Waals surface area contributed by atoms with Crippen LogP contribution in [0.15, 0.2) is 84.9 Å². The van der Waals surface area contributed by atoms with Gasteiger partial charge in [-0.25, -0.2) is 0 Å². The van der Waals surface area contributed by atoms with Gasteiger partial charge in [-0.3, -0.25) is 0 Å². The topological polar surface area (TPSA) is 30.0 Å². The van der Waals surface area contributed by atoms with Gasteiger partial charge in [0.05, 0.1) is 0 Å². The second kappa shape index (κ2) is 9.52. The summed E-state index contributed by atoms with van der Waals surface area (Å²) in [7, 11) is 12.2. The molecule has 0 saturated carbocycles. The molecule has 0 bridgehead atoms. The first-order valence-electron chi connectivity index (χ1n) is 11.5. The van der Waals surface area contributed by atoms with E-state index in [1.54, 1.807) is 0 Å². The summed E-state index contributed by atoms with van der Waals surface area (Å²) in [6.45, 7) is 0. The van der Waals surface area contributed by atoms with E-state index < -0.39 is 0 Å². The van der Waals surface area contributed by atoms with Crippen molar-refractivity contribution in [2.75, 3.05) is 57.0 Å². The van der Waals surface area contributed by atoms with Crippen LogP contribution >= 0.6 is 0 Å². The molecular weight excluding hydrogens is 418 g/mol. The van der Waals surface area contributed by atoms with Gasteiger partial charge in [0.15, 0.2) is 0 Å². The Bertz CT molecular complexity index is 1240. The molecule has 174 valence electrons. The van der Waals surface area contributed by atoms with Crippen molar-refractivity contribution in [1.82, 2.24) is 0 Å². The van der Waals surface area contributed by atoms with Gasteiger partial charge < -0.3 is 19.8 Å². The minimum atomic E-state index is 0.287. The van der Waals surface area contributed by atoms with Crippen LogP contribution in [-0.2, 0) is 0 Å². The molecule has 0 spiro atoms. The number of rotatable bonds is 6. The van der Waals surface area contributed by atoms with Crippen LogP contribution in [0.25, 0.3) is 33.4 Å². The summed E-state index contributed by atoms with van der Waals surface area (Å²) in [6, 6.07) is 29.1. The molecule has 0 heterocycles. The molecule has 0 aliphatic rings. The summed E-state index contributed by atoms with van der Waals surface area (Å²) in [5.74, 6) is 0.287. The molecule has 0 aliphatic heterocycles. The number of benzene rings is 4. The molecule has 4 aromatic rings. The van der Waals surface area contributed by atoms with Crippen LogP contribution in [0.3, 0.4) is 0 Å². The quantitative estimate of drug-likeness (QED) is 0.358. The first-order chi connectivity index (χ1) is 16.3. The molecule has 0 amide bonds. The standard InChI is InChI=1S/C30H33N3O/c1-31(2)27-16-10-7-13-22(27)21-19-25(23-14-8-11-17-28(23)32(3)4)30(34)26(20-21)24-15-9-12-18-29(24)33(5)6/h7-20,34H,1-6H3. The van der Waals surface area contributed by atoms with Crippen LogP contribution in [0, 0.1) is 0 Å². The van der Waals surface area contributed by atoms with Gasteiger partial charge in [0.2, 0.25) is 0 Å². The fourth-order valence-corrected chi connectivity index (χ4v) is 4.49. The zero-order chi connectivity index (χ0) is 24.4. The van der Waals surface area contributed by atoms with Crippen molar-refractivity contribution in [2.45, 2.75) is 0 Å². The number of anilines is 3. The molecule has 0 radical (unpaired) electrons. The molecular formula is C30H33N3O. The van der Waals surface area contributed by atoms with Crippen LogP contribution in [0.1, 0.15) is 0 Å². The molecule has 0 saturated heterocycles. The lowest BCUT2D eigenvalue weighted by Gasteiger charge is -2.23. The monoisotopic (exact) mass is 451 g/mol. The number of para-hydroxylation sites is 3. The highest BCUT2D eigenvalue weighted by molar-refractivity contribution is 5.95. The maximum Gasteiger partial charge on any atom is 0.131 e. The number of aromatic hydroxyl groups is 1. The van der Waals surface area contributed by atoms with Crippen LogP contribution in [0.2, 0.25) is 0 Å².